The van der Waals surface area contributed by atoms with Crippen molar-refractivity contribution >= 4 is 17.7 Å². The van der Waals surface area contributed by atoms with Crippen LogP contribution in [0, 0.1) is 0 Å². The van der Waals surface area contributed by atoms with Crippen LogP contribution in [0.2, 0.25) is 0 Å². The van der Waals surface area contributed by atoms with Crippen molar-refractivity contribution in [2.45, 2.75) is 13.8 Å². The predicted octanol–water partition coefficient (Wildman–Crippen LogP) is 0.715. The fraction of sp³-hybridized carbons (Fsp3) is 0.444. The van der Waals surface area contributed by atoms with Gasteiger partial charge >= 0.3 is 0 Å². The van der Waals surface area contributed by atoms with Crippen LogP contribution in [0.1, 0.15) is 13.8 Å². The van der Waals surface area contributed by atoms with E-state index in [0.717, 1.165) is 0 Å². The van der Waals surface area contributed by atoms with Crippen molar-refractivity contribution in [1.82, 2.24) is 5.01 Å². The summed E-state index contributed by atoms with van der Waals surface area (Å²) in [6.07, 6.45) is 1.50. The van der Waals surface area contributed by atoms with Gasteiger partial charge in [-0.2, -0.15) is 0 Å². The summed E-state index contributed by atoms with van der Waals surface area (Å²) in [5.41, 5.74) is 0.601. The van der Waals surface area contributed by atoms with Crippen molar-refractivity contribution in [2.24, 2.45) is 10.1 Å². The number of methoxy groups -OCH3 is 2. The maximum absolute atomic E-state index is 11.2. The first-order valence-electron chi connectivity index (χ1n) is 4.32. The van der Waals surface area contributed by atoms with Gasteiger partial charge in [0.1, 0.15) is 0 Å². The number of hydrogen-bond acceptors (Lipinski definition) is 5. The maximum Gasteiger partial charge on any atom is 0.295 e. The van der Waals surface area contributed by atoms with E-state index in [0.29, 0.717) is 5.70 Å². The second kappa shape index (κ2) is 4.59. The minimum Gasteiger partial charge on any atom is -0.477 e. The van der Waals surface area contributed by atoms with Crippen LogP contribution < -0.4 is 0 Å². The molecule has 0 spiro atoms. The molecule has 0 saturated carbocycles. The van der Waals surface area contributed by atoms with Crippen LogP contribution in [-0.4, -0.2) is 36.9 Å². The van der Waals surface area contributed by atoms with Crippen LogP contribution >= 0.6 is 0 Å². The zero-order valence-electron chi connectivity index (χ0n) is 9.14. The number of ether oxygens (including phenoxy) is 2. The van der Waals surface area contributed by atoms with Gasteiger partial charge in [-0.1, -0.05) is 0 Å². The number of aliphatic imine (C=N–C) groups is 1. The zero-order chi connectivity index (χ0) is 11.4. The van der Waals surface area contributed by atoms with Crippen molar-refractivity contribution in [3.05, 3.63) is 11.9 Å². The van der Waals surface area contributed by atoms with Gasteiger partial charge in [0.05, 0.1) is 26.1 Å². The minimum absolute atomic E-state index is 0.167. The van der Waals surface area contributed by atoms with Crippen LogP contribution in [0.4, 0.5) is 0 Å². The maximum atomic E-state index is 11.2. The Morgan fingerprint density at radius 1 is 1.33 bits per heavy atom. The summed E-state index contributed by atoms with van der Waals surface area (Å²) in [7, 11) is 2.90. The van der Waals surface area contributed by atoms with Gasteiger partial charge in [-0.25, -0.2) is 10.0 Å². The highest BCUT2D eigenvalue weighted by Gasteiger charge is 2.19. The van der Waals surface area contributed by atoms with Gasteiger partial charge in [-0.05, 0) is 6.92 Å². The largest absolute Gasteiger partial charge is 0.477 e. The van der Waals surface area contributed by atoms with E-state index in [1.807, 2.05) is 0 Å². The second-order valence-electron chi connectivity index (χ2n) is 2.85. The Kier molecular flexibility index (Phi) is 3.43. The molecule has 6 heteroatoms. The summed E-state index contributed by atoms with van der Waals surface area (Å²) in [5, 5.41) is 5.18. The molecule has 1 amide bonds. The van der Waals surface area contributed by atoms with Crippen LogP contribution in [0.25, 0.3) is 0 Å². The van der Waals surface area contributed by atoms with Gasteiger partial charge in [-0.15, -0.1) is 5.10 Å². The third-order valence-electron chi connectivity index (χ3n) is 1.76. The molecule has 0 saturated heterocycles. The normalized spacial score (nSPS) is 16.0. The molecule has 15 heavy (non-hydrogen) atoms. The van der Waals surface area contributed by atoms with Crippen LogP contribution in [0.5, 0.6) is 0 Å². The molecule has 0 atom stereocenters. The van der Waals surface area contributed by atoms with Crippen molar-refractivity contribution < 1.29 is 14.3 Å². The smallest absolute Gasteiger partial charge is 0.295 e. The van der Waals surface area contributed by atoms with Crippen LogP contribution in [0.3, 0.4) is 0 Å². The number of allylic oxidation sites excluding steroid dienone is 1. The van der Waals surface area contributed by atoms with E-state index >= 15 is 0 Å². The molecule has 1 aliphatic heterocycles. The monoisotopic (exact) mass is 211 g/mol. The fourth-order valence-electron chi connectivity index (χ4n) is 1.06. The summed E-state index contributed by atoms with van der Waals surface area (Å²) in [5.74, 6) is 0.187. The number of hydrazone groups is 1. The highest BCUT2D eigenvalue weighted by atomic mass is 16.5. The van der Waals surface area contributed by atoms with Crippen LogP contribution in [0.15, 0.2) is 22.0 Å². The molecule has 0 aliphatic carbocycles. The van der Waals surface area contributed by atoms with Gasteiger partial charge in [-0.3, -0.25) is 4.79 Å². The Labute approximate surface area is 87.9 Å². The number of nitrogens with zero attached hydrogens (tertiary/aromatic N) is 3. The topological polar surface area (TPSA) is 63.5 Å². The van der Waals surface area contributed by atoms with Crippen molar-refractivity contribution in [1.29, 1.82) is 0 Å². The number of rotatable bonds is 0. The molecule has 1 aliphatic rings. The molecule has 1 heterocycles. The summed E-state index contributed by atoms with van der Waals surface area (Å²) in [4.78, 5) is 15.2. The molecule has 0 radical (unpaired) electrons. The Morgan fingerprint density at radius 2 is 1.93 bits per heavy atom. The number of hydrogen-bond donors (Lipinski definition) is 0. The van der Waals surface area contributed by atoms with E-state index in [4.69, 9.17) is 9.47 Å². The molecule has 0 fully saturated rings. The highest BCUT2D eigenvalue weighted by molar-refractivity contribution is 6.35. The lowest BCUT2D eigenvalue weighted by Crippen LogP contribution is -2.25. The highest BCUT2D eigenvalue weighted by Crippen LogP contribution is 2.10. The van der Waals surface area contributed by atoms with Gasteiger partial charge in [0.25, 0.3) is 11.8 Å². The molecular formula is C9H13N3O3. The lowest BCUT2D eigenvalue weighted by atomic mass is 10.5. The van der Waals surface area contributed by atoms with E-state index in [1.54, 1.807) is 6.92 Å². The molecule has 0 aromatic heterocycles. The van der Waals surface area contributed by atoms with Crippen molar-refractivity contribution in [2.75, 3.05) is 14.2 Å². The molecule has 1 rings (SSSR count). The van der Waals surface area contributed by atoms with E-state index in [-0.39, 0.29) is 17.7 Å². The Hall–Kier alpha value is -1.85. The zero-order valence-corrected chi connectivity index (χ0v) is 9.14. The third kappa shape index (κ3) is 2.34. The minimum atomic E-state index is -0.217. The molecule has 0 N–H and O–H groups in total. The van der Waals surface area contributed by atoms with Crippen molar-refractivity contribution in [3.8, 4) is 0 Å². The summed E-state index contributed by atoms with van der Waals surface area (Å²) >= 11 is 0. The first-order valence-corrected chi connectivity index (χ1v) is 4.32. The lowest BCUT2D eigenvalue weighted by molar-refractivity contribution is -0.127. The van der Waals surface area contributed by atoms with E-state index in [9.17, 15) is 4.79 Å². The number of carbonyl (C=O) groups excluding carboxylic acids is 1. The summed E-state index contributed by atoms with van der Waals surface area (Å²) in [6, 6.07) is 0. The molecule has 6 nitrogen and oxygen atoms in total. The lowest BCUT2D eigenvalue weighted by Gasteiger charge is -2.14. The van der Waals surface area contributed by atoms with Gasteiger partial charge < -0.3 is 9.47 Å². The first kappa shape index (κ1) is 11.2. The average Bonchev–Trinajstić information content (AvgIpc) is 2.37. The average molecular weight is 211 g/mol. The molecule has 0 aromatic rings. The van der Waals surface area contributed by atoms with Crippen molar-refractivity contribution in [3.63, 3.8) is 0 Å². The summed E-state index contributed by atoms with van der Waals surface area (Å²) in [6.45, 7) is 3.13. The fourth-order valence-corrected chi connectivity index (χ4v) is 1.06. The Bertz CT molecular complexity index is 358. The predicted molar refractivity (Wildman–Crippen MR) is 55.2 cm³/mol. The summed E-state index contributed by atoms with van der Waals surface area (Å²) < 4.78 is 9.93. The van der Waals surface area contributed by atoms with Gasteiger partial charge in [0.2, 0.25) is 5.91 Å². The van der Waals surface area contributed by atoms with Gasteiger partial charge in [0, 0.05) is 6.92 Å². The Morgan fingerprint density at radius 3 is 2.40 bits per heavy atom. The number of amides is 1. The quantitative estimate of drug-likeness (QED) is 0.593. The first-order chi connectivity index (χ1) is 7.10. The molecular weight excluding hydrogens is 198 g/mol. The third-order valence-corrected chi connectivity index (χ3v) is 1.76. The second-order valence-corrected chi connectivity index (χ2v) is 2.85. The molecule has 0 unspecified atom stereocenters. The van der Waals surface area contributed by atoms with Gasteiger partial charge in [0.15, 0.2) is 0 Å². The van der Waals surface area contributed by atoms with E-state index in [2.05, 4.69) is 10.1 Å². The SMILES string of the molecule is COC1=NC=C(C)N(C(C)=O)N=C1OC. The number of carbonyl (C=O) groups is 1. The van der Waals surface area contributed by atoms with E-state index < -0.39 is 0 Å². The Balaban J connectivity index is 3.13. The standard InChI is InChI=1S/C9H13N3O3/c1-6-5-10-8(14-3)9(15-4)11-12(6)7(2)13/h5H,1-4H3. The van der Waals surface area contributed by atoms with Crippen LogP contribution in [-0.2, 0) is 14.3 Å². The molecule has 0 aromatic carbocycles. The molecule has 82 valence electrons. The molecule has 0 bridgehead atoms. The van der Waals surface area contributed by atoms with E-state index in [1.165, 1.54) is 32.4 Å².